The standard InChI is InChI=1S/C10H12O2.C2H6/c1-5-7-12-9(3)8-10(6-2)11-4;1-2/h1,6,8H,2-3,7H2,4H3;1-2H3/b10-8+;. The van der Waals surface area contributed by atoms with Gasteiger partial charge in [0.05, 0.1) is 7.11 Å². The van der Waals surface area contributed by atoms with E-state index in [2.05, 4.69) is 19.1 Å². The van der Waals surface area contributed by atoms with Crippen molar-refractivity contribution in [3.63, 3.8) is 0 Å². The van der Waals surface area contributed by atoms with E-state index in [4.69, 9.17) is 15.9 Å². The second kappa shape index (κ2) is 11.4. The molecule has 0 aromatic carbocycles. The van der Waals surface area contributed by atoms with Crippen LogP contribution in [0.4, 0.5) is 0 Å². The largest absolute Gasteiger partial charge is 0.497 e. The summed E-state index contributed by atoms with van der Waals surface area (Å²) in [6.07, 6.45) is 8.16. The van der Waals surface area contributed by atoms with Crippen LogP contribution in [0.25, 0.3) is 0 Å². The van der Waals surface area contributed by atoms with Gasteiger partial charge in [-0.25, -0.2) is 0 Å². The zero-order chi connectivity index (χ0) is 11.4. The molecule has 2 heteroatoms. The van der Waals surface area contributed by atoms with Crippen molar-refractivity contribution in [2.24, 2.45) is 0 Å². The fourth-order valence-electron chi connectivity index (χ4n) is 0.536. The Hall–Kier alpha value is -1.62. The number of terminal acetylenes is 1. The van der Waals surface area contributed by atoms with Crippen LogP contribution in [-0.4, -0.2) is 13.7 Å². The van der Waals surface area contributed by atoms with Crippen molar-refractivity contribution in [3.8, 4) is 12.3 Å². The molecular formula is C12H18O2. The van der Waals surface area contributed by atoms with Crippen LogP contribution in [0.5, 0.6) is 0 Å². The predicted octanol–water partition coefficient (Wildman–Crippen LogP) is 2.89. The molecule has 0 spiro atoms. The Morgan fingerprint density at radius 2 is 2.07 bits per heavy atom. The lowest BCUT2D eigenvalue weighted by Gasteiger charge is -2.02. The third kappa shape index (κ3) is 8.48. The van der Waals surface area contributed by atoms with Crippen LogP contribution in [0.1, 0.15) is 13.8 Å². The molecule has 0 aliphatic heterocycles. The summed E-state index contributed by atoms with van der Waals surface area (Å²) in [7, 11) is 1.54. The maximum absolute atomic E-state index is 4.99. The summed E-state index contributed by atoms with van der Waals surface area (Å²) in [5.41, 5.74) is 0. The second-order valence-electron chi connectivity index (χ2n) is 1.91. The van der Waals surface area contributed by atoms with Crippen LogP contribution in [-0.2, 0) is 9.47 Å². The van der Waals surface area contributed by atoms with E-state index >= 15 is 0 Å². The number of hydrogen-bond acceptors (Lipinski definition) is 2. The second-order valence-corrected chi connectivity index (χ2v) is 1.91. The van der Waals surface area contributed by atoms with E-state index in [1.807, 2.05) is 13.8 Å². The molecule has 0 aliphatic carbocycles. The van der Waals surface area contributed by atoms with Crippen molar-refractivity contribution >= 4 is 0 Å². The number of hydrogen-bond donors (Lipinski definition) is 0. The lowest BCUT2D eigenvalue weighted by Crippen LogP contribution is -1.90. The molecule has 0 aromatic heterocycles. The number of rotatable bonds is 5. The van der Waals surface area contributed by atoms with Crippen molar-refractivity contribution < 1.29 is 9.47 Å². The fourth-order valence-corrected chi connectivity index (χ4v) is 0.536. The normalized spacial score (nSPS) is 8.86. The molecule has 0 aromatic rings. The van der Waals surface area contributed by atoms with Crippen LogP contribution >= 0.6 is 0 Å². The van der Waals surface area contributed by atoms with Crippen molar-refractivity contribution in [2.45, 2.75) is 13.8 Å². The molecule has 0 atom stereocenters. The first-order valence-corrected chi connectivity index (χ1v) is 4.38. The van der Waals surface area contributed by atoms with Gasteiger partial charge in [-0.05, 0) is 6.08 Å². The Labute approximate surface area is 86.9 Å². The highest BCUT2D eigenvalue weighted by Gasteiger charge is 1.91. The third-order valence-corrected chi connectivity index (χ3v) is 1.08. The minimum atomic E-state index is 0.212. The molecule has 0 heterocycles. The van der Waals surface area contributed by atoms with E-state index < -0.39 is 0 Å². The molecule has 78 valence electrons. The molecule has 0 fully saturated rings. The number of allylic oxidation sites excluding steroid dienone is 2. The molecule has 0 saturated heterocycles. The Morgan fingerprint density at radius 1 is 1.50 bits per heavy atom. The molecule has 2 nitrogen and oxygen atoms in total. The monoisotopic (exact) mass is 194 g/mol. The van der Waals surface area contributed by atoms with Gasteiger partial charge in [-0.2, -0.15) is 0 Å². The summed E-state index contributed by atoms with van der Waals surface area (Å²) in [6, 6.07) is 0. The first kappa shape index (κ1) is 14.9. The molecule has 0 saturated carbocycles. The lowest BCUT2D eigenvalue weighted by molar-refractivity contribution is 0.260. The molecular weight excluding hydrogens is 176 g/mol. The van der Waals surface area contributed by atoms with E-state index in [0.29, 0.717) is 11.5 Å². The smallest absolute Gasteiger partial charge is 0.148 e. The summed E-state index contributed by atoms with van der Waals surface area (Å²) < 4.78 is 9.89. The van der Waals surface area contributed by atoms with Crippen LogP contribution in [0.15, 0.2) is 36.8 Å². The van der Waals surface area contributed by atoms with Crippen LogP contribution in [0.3, 0.4) is 0 Å². The molecule has 0 aliphatic rings. The molecule has 0 bridgehead atoms. The topological polar surface area (TPSA) is 18.5 Å². The summed E-state index contributed by atoms with van der Waals surface area (Å²) >= 11 is 0. The average Bonchev–Trinajstić information content (AvgIpc) is 2.25. The summed E-state index contributed by atoms with van der Waals surface area (Å²) in [4.78, 5) is 0. The molecule has 0 unspecified atom stereocenters. The van der Waals surface area contributed by atoms with Gasteiger partial charge < -0.3 is 9.47 Å². The van der Waals surface area contributed by atoms with Crippen LogP contribution in [0.2, 0.25) is 0 Å². The van der Waals surface area contributed by atoms with Crippen molar-refractivity contribution in [1.82, 2.24) is 0 Å². The maximum Gasteiger partial charge on any atom is 0.148 e. The predicted molar refractivity (Wildman–Crippen MR) is 60.6 cm³/mol. The Kier molecular flexibility index (Phi) is 12.1. The van der Waals surface area contributed by atoms with Gasteiger partial charge in [0, 0.05) is 6.08 Å². The van der Waals surface area contributed by atoms with E-state index in [1.54, 1.807) is 19.3 Å². The molecule has 0 radical (unpaired) electrons. The van der Waals surface area contributed by atoms with Gasteiger partial charge in [-0.15, -0.1) is 6.42 Å². The SMILES string of the molecule is C#CCOC(=C)/C=C(\C=C)OC.CC. The highest BCUT2D eigenvalue weighted by atomic mass is 16.5. The van der Waals surface area contributed by atoms with E-state index in [1.165, 1.54) is 0 Å². The van der Waals surface area contributed by atoms with Gasteiger partial charge in [-0.1, -0.05) is 32.9 Å². The van der Waals surface area contributed by atoms with E-state index in [-0.39, 0.29) is 6.61 Å². The summed E-state index contributed by atoms with van der Waals surface area (Å²) in [6.45, 7) is 11.4. The first-order chi connectivity index (χ1) is 6.74. The Bertz CT molecular complexity index is 231. The van der Waals surface area contributed by atoms with Gasteiger partial charge >= 0.3 is 0 Å². The molecule has 0 amide bonds. The summed E-state index contributed by atoms with van der Waals surface area (Å²) in [5.74, 6) is 3.39. The fraction of sp³-hybridized carbons (Fsp3) is 0.333. The first-order valence-electron chi connectivity index (χ1n) is 4.38. The van der Waals surface area contributed by atoms with Gasteiger partial charge in [-0.3, -0.25) is 0 Å². The third-order valence-electron chi connectivity index (χ3n) is 1.08. The van der Waals surface area contributed by atoms with Gasteiger partial charge in [0.25, 0.3) is 0 Å². The Balaban J connectivity index is 0. The van der Waals surface area contributed by atoms with Gasteiger partial charge in [0.15, 0.2) is 0 Å². The quantitative estimate of drug-likeness (QED) is 0.380. The average molecular weight is 194 g/mol. The van der Waals surface area contributed by atoms with Crippen molar-refractivity contribution in [1.29, 1.82) is 0 Å². The minimum Gasteiger partial charge on any atom is -0.497 e. The van der Waals surface area contributed by atoms with Gasteiger partial charge in [0.2, 0.25) is 0 Å². The van der Waals surface area contributed by atoms with Gasteiger partial charge in [0.1, 0.15) is 18.1 Å². The van der Waals surface area contributed by atoms with E-state index in [0.717, 1.165) is 0 Å². The van der Waals surface area contributed by atoms with E-state index in [9.17, 15) is 0 Å². The van der Waals surface area contributed by atoms with Crippen LogP contribution < -0.4 is 0 Å². The highest BCUT2D eigenvalue weighted by molar-refractivity contribution is 5.19. The minimum absolute atomic E-state index is 0.212. The maximum atomic E-state index is 4.99. The Morgan fingerprint density at radius 3 is 2.43 bits per heavy atom. The number of ether oxygens (including phenoxy) is 2. The lowest BCUT2D eigenvalue weighted by atomic mass is 10.4. The van der Waals surface area contributed by atoms with Crippen molar-refractivity contribution in [2.75, 3.05) is 13.7 Å². The van der Waals surface area contributed by atoms with Crippen molar-refractivity contribution in [3.05, 3.63) is 36.8 Å². The number of methoxy groups -OCH3 is 1. The highest BCUT2D eigenvalue weighted by Crippen LogP contribution is 2.03. The molecule has 0 rings (SSSR count). The zero-order valence-electron chi connectivity index (χ0n) is 9.17. The zero-order valence-corrected chi connectivity index (χ0v) is 9.17. The molecule has 0 N–H and O–H groups in total. The van der Waals surface area contributed by atoms with Crippen LogP contribution in [0, 0.1) is 12.3 Å². The summed E-state index contributed by atoms with van der Waals surface area (Å²) in [5, 5.41) is 0. The molecule has 14 heavy (non-hydrogen) atoms.